The molecule has 0 bridgehead atoms. The van der Waals surface area contributed by atoms with Crippen molar-refractivity contribution in [2.24, 2.45) is 11.8 Å². The molecule has 2 saturated carbocycles. The van der Waals surface area contributed by atoms with Gasteiger partial charge in [-0.1, -0.05) is 30.3 Å². The number of benzene rings is 1. The Kier molecular flexibility index (Phi) is 2.75. The quantitative estimate of drug-likeness (QED) is 0.868. The van der Waals surface area contributed by atoms with Gasteiger partial charge in [-0.2, -0.15) is 0 Å². The average Bonchev–Trinajstić information content (AvgIpc) is 2.96. The third-order valence-corrected chi connectivity index (χ3v) is 3.75. The smallest absolute Gasteiger partial charge is 0.407 e. The Bertz CT molecular complexity index is 394. The molecule has 3 nitrogen and oxygen atoms in total. The van der Waals surface area contributed by atoms with Crippen molar-refractivity contribution in [1.82, 2.24) is 5.32 Å². The second kappa shape index (κ2) is 4.40. The van der Waals surface area contributed by atoms with E-state index in [2.05, 4.69) is 5.32 Å². The maximum atomic E-state index is 11.6. The van der Waals surface area contributed by atoms with Gasteiger partial charge in [-0.3, -0.25) is 0 Å². The van der Waals surface area contributed by atoms with Gasteiger partial charge in [0.15, 0.2) is 0 Å². The number of carbonyl (C=O) groups excluding carboxylic acids is 1. The minimum atomic E-state index is -0.278. The molecule has 1 amide bonds. The van der Waals surface area contributed by atoms with Crippen LogP contribution in [-0.2, 0) is 11.3 Å². The highest BCUT2D eigenvalue weighted by molar-refractivity contribution is 5.67. The summed E-state index contributed by atoms with van der Waals surface area (Å²) in [6.45, 7) is 0.541. The van der Waals surface area contributed by atoms with Gasteiger partial charge < -0.3 is 10.1 Å². The summed E-state index contributed by atoms with van der Waals surface area (Å²) in [6, 6.07) is 9.88. The van der Waals surface area contributed by atoms with Crippen molar-refractivity contribution in [2.45, 2.75) is 31.9 Å². The van der Waals surface area contributed by atoms with Crippen LogP contribution in [0.5, 0.6) is 0 Å². The van der Waals surface area contributed by atoms with Gasteiger partial charge in [-0.25, -0.2) is 4.79 Å². The fraction of sp³-hybridized carbons (Fsp3) is 0.500. The zero-order chi connectivity index (χ0) is 11.7. The van der Waals surface area contributed by atoms with Gasteiger partial charge in [-0.15, -0.1) is 0 Å². The molecule has 1 N–H and O–H groups in total. The van der Waals surface area contributed by atoms with Crippen molar-refractivity contribution in [3.05, 3.63) is 35.9 Å². The minimum Gasteiger partial charge on any atom is -0.446 e. The highest BCUT2D eigenvalue weighted by Gasteiger charge is 2.47. The molecule has 2 aliphatic carbocycles. The predicted molar refractivity (Wildman–Crippen MR) is 64.4 cm³/mol. The Morgan fingerprint density at radius 3 is 2.59 bits per heavy atom. The molecule has 0 aliphatic heterocycles. The zero-order valence-corrected chi connectivity index (χ0v) is 9.76. The lowest BCUT2D eigenvalue weighted by Gasteiger charge is -2.14. The maximum Gasteiger partial charge on any atom is 0.407 e. The van der Waals surface area contributed by atoms with Gasteiger partial charge >= 0.3 is 6.09 Å². The normalized spacial score (nSPS) is 29.5. The zero-order valence-electron chi connectivity index (χ0n) is 9.76. The molecule has 0 saturated heterocycles. The van der Waals surface area contributed by atoms with E-state index in [1.807, 2.05) is 30.3 Å². The number of hydrogen-bond donors (Lipinski definition) is 1. The van der Waals surface area contributed by atoms with E-state index in [1.54, 1.807) is 0 Å². The van der Waals surface area contributed by atoms with Crippen LogP contribution < -0.4 is 5.32 Å². The number of hydrogen-bond acceptors (Lipinski definition) is 2. The fourth-order valence-electron chi connectivity index (χ4n) is 2.72. The van der Waals surface area contributed by atoms with Crippen LogP contribution >= 0.6 is 0 Å². The third kappa shape index (κ3) is 2.60. The number of nitrogens with one attached hydrogen (secondary N) is 1. The number of amides is 1. The van der Waals surface area contributed by atoms with Crippen LogP contribution in [0, 0.1) is 11.8 Å². The lowest BCUT2D eigenvalue weighted by Crippen LogP contribution is -2.28. The summed E-state index contributed by atoms with van der Waals surface area (Å²) in [7, 11) is 0. The van der Waals surface area contributed by atoms with E-state index in [-0.39, 0.29) is 12.2 Å². The molecule has 0 aromatic heterocycles. The standard InChI is InChI=1S/C14H17NO2/c16-14(15-9-10-4-2-1-3-5-10)17-13-7-11-6-12(11)8-13/h1-5,11-13H,6-9H2,(H,15,16). The SMILES string of the molecule is O=C(NCc1ccccc1)OC1CC2CC2C1. The lowest BCUT2D eigenvalue weighted by atomic mass is 10.2. The summed E-state index contributed by atoms with van der Waals surface area (Å²) in [5.74, 6) is 1.70. The molecule has 2 fully saturated rings. The van der Waals surface area contributed by atoms with Gasteiger partial charge in [0, 0.05) is 6.54 Å². The molecule has 2 atom stereocenters. The van der Waals surface area contributed by atoms with Gasteiger partial charge in [-0.05, 0) is 36.7 Å². The molecule has 3 heteroatoms. The number of fused-ring (bicyclic) bond motifs is 1. The van der Waals surface area contributed by atoms with Gasteiger partial charge in [0.1, 0.15) is 6.10 Å². The summed E-state index contributed by atoms with van der Waals surface area (Å²) in [5.41, 5.74) is 1.10. The van der Waals surface area contributed by atoms with Crippen molar-refractivity contribution < 1.29 is 9.53 Å². The number of rotatable bonds is 3. The molecule has 3 rings (SSSR count). The topological polar surface area (TPSA) is 38.3 Å². The van der Waals surface area contributed by atoms with Crippen LogP contribution in [0.4, 0.5) is 4.79 Å². The van der Waals surface area contributed by atoms with Crippen molar-refractivity contribution >= 4 is 6.09 Å². The van der Waals surface area contributed by atoms with E-state index >= 15 is 0 Å². The van der Waals surface area contributed by atoms with E-state index in [0.717, 1.165) is 30.2 Å². The maximum absolute atomic E-state index is 11.6. The number of carbonyl (C=O) groups is 1. The first-order valence-corrected chi connectivity index (χ1v) is 6.29. The van der Waals surface area contributed by atoms with Crippen LogP contribution in [0.3, 0.4) is 0 Å². The van der Waals surface area contributed by atoms with Crippen molar-refractivity contribution in [1.29, 1.82) is 0 Å². The van der Waals surface area contributed by atoms with E-state index in [0.29, 0.717) is 6.54 Å². The molecule has 2 unspecified atom stereocenters. The molecule has 0 heterocycles. The van der Waals surface area contributed by atoms with Crippen LogP contribution in [0.1, 0.15) is 24.8 Å². The molecule has 0 spiro atoms. The molecule has 1 aromatic rings. The highest BCUT2D eigenvalue weighted by atomic mass is 16.6. The Morgan fingerprint density at radius 1 is 1.18 bits per heavy atom. The average molecular weight is 231 g/mol. The molecular formula is C14H17NO2. The van der Waals surface area contributed by atoms with Crippen LogP contribution in [0.25, 0.3) is 0 Å². The lowest BCUT2D eigenvalue weighted by molar-refractivity contribution is 0.0938. The molecule has 1 aromatic carbocycles. The Hall–Kier alpha value is -1.51. The van der Waals surface area contributed by atoms with Crippen LogP contribution in [-0.4, -0.2) is 12.2 Å². The molecule has 17 heavy (non-hydrogen) atoms. The van der Waals surface area contributed by atoms with Crippen molar-refractivity contribution in [2.75, 3.05) is 0 Å². The van der Waals surface area contributed by atoms with Crippen LogP contribution in [0.2, 0.25) is 0 Å². The van der Waals surface area contributed by atoms with E-state index in [1.165, 1.54) is 6.42 Å². The Balaban J connectivity index is 1.41. The first-order valence-electron chi connectivity index (χ1n) is 6.29. The minimum absolute atomic E-state index is 0.162. The summed E-state index contributed by atoms with van der Waals surface area (Å²) in [4.78, 5) is 11.6. The number of ether oxygens (including phenoxy) is 1. The van der Waals surface area contributed by atoms with E-state index in [4.69, 9.17) is 4.74 Å². The summed E-state index contributed by atoms with van der Waals surface area (Å²) in [6.07, 6.45) is 3.38. The predicted octanol–water partition coefficient (Wildman–Crippen LogP) is 2.71. The first-order chi connectivity index (χ1) is 8.31. The molecule has 2 aliphatic rings. The molecule has 90 valence electrons. The Labute approximate surface area is 101 Å². The van der Waals surface area contributed by atoms with Crippen molar-refractivity contribution in [3.63, 3.8) is 0 Å². The molecular weight excluding hydrogens is 214 g/mol. The summed E-state index contributed by atoms with van der Waals surface area (Å²) in [5, 5.41) is 2.79. The summed E-state index contributed by atoms with van der Waals surface area (Å²) >= 11 is 0. The number of alkyl carbamates (subject to hydrolysis) is 1. The van der Waals surface area contributed by atoms with Gasteiger partial charge in [0.05, 0.1) is 0 Å². The highest BCUT2D eigenvalue weighted by Crippen LogP contribution is 2.52. The Morgan fingerprint density at radius 2 is 1.88 bits per heavy atom. The third-order valence-electron chi connectivity index (χ3n) is 3.75. The summed E-state index contributed by atoms with van der Waals surface area (Å²) < 4.78 is 5.38. The fourth-order valence-corrected chi connectivity index (χ4v) is 2.72. The van der Waals surface area contributed by atoms with E-state index in [9.17, 15) is 4.79 Å². The second-order valence-electron chi connectivity index (χ2n) is 5.09. The molecule has 0 radical (unpaired) electrons. The van der Waals surface area contributed by atoms with E-state index < -0.39 is 0 Å². The first kappa shape index (κ1) is 10.6. The largest absolute Gasteiger partial charge is 0.446 e. The second-order valence-corrected chi connectivity index (χ2v) is 5.09. The van der Waals surface area contributed by atoms with Gasteiger partial charge in [0.2, 0.25) is 0 Å². The monoisotopic (exact) mass is 231 g/mol. The van der Waals surface area contributed by atoms with Gasteiger partial charge in [0.25, 0.3) is 0 Å². The van der Waals surface area contributed by atoms with Crippen LogP contribution in [0.15, 0.2) is 30.3 Å². The van der Waals surface area contributed by atoms with Crippen molar-refractivity contribution in [3.8, 4) is 0 Å².